The fourth-order valence-electron chi connectivity index (χ4n) is 2.05. The summed E-state index contributed by atoms with van der Waals surface area (Å²) in [7, 11) is -3.03. The van der Waals surface area contributed by atoms with Crippen molar-refractivity contribution in [3.8, 4) is 0 Å². The number of rotatable bonds is 4. The first-order chi connectivity index (χ1) is 7.26. The van der Waals surface area contributed by atoms with Crippen LogP contribution in [0.5, 0.6) is 0 Å². The molecule has 1 aliphatic heterocycles. The van der Waals surface area contributed by atoms with E-state index in [0.717, 1.165) is 12.8 Å². The minimum Gasteiger partial charge on any atom is -0.480 e. The summed E-state index contributed by atoms with van der Waals surface area (Å²) in [6, 6.07) is 0. The third-order valence-electron chi connectivity index (χ3n) is 3.23. The molecule has 6 heteroatoms. The van der Waals surface area contributed by atoms with Crippen molar-refractivity contribution in [3.63, 3.8) is 0 Å². The molecule has 1 saturated heterocycles. The van der Waals surface area contributed by atoms with Gasteiger partial charge < -0.3 is 5.11 Å². The predicted molar refractivity (Wildman–Crippen MR) is 61.2 cm³/mol. The molecule has 0 spiro atoms. The number of aliphatic carboxylic acids is 1. The topological polar surface area (TPSA) is 74.7 Å². The Kier molecular flexibility index (Phi) is 3.96. The lowest BCUT2D eigenvalue weighted by Crippen LogP contribution is -2.56. The van der Waals surface area contributed by atoms with Gasteiger partial charge in [-0.1, -0.05) is 0 Å². The zero-order valence-corrected chi connectivity index (χ0v) is 10.6. The zero-order valence-electron chi connectivity index (χ0n) is 9.77. The van der Waals surface area contributed by atoms with Crippen LogP contribution >= 0.6 is 0 Å². The lowest BCUT2D eigenvalue weighted by Gasteiger charge is -2.41. The average molecular weight is 249 g/mol. The summed E-state index contributed by atoms with van der Waals surface area (Å²) in [4.78, 5) is 13.0. The van der Waals surface area contributed by atoms with Crippen molar-refractivity contribution in [1.29, 1.82) is 0 Å². The van der Waals surface area contributed by atoms with Crippen LogP contribution in [0, 0.1) is 0 Å². The van der Waals surface area contributed by atoms with Crippen LogP contribution in [-0.2, 0) is 14.6 Å². The number of likely N-dealkylation sites (tertiary alicyclic amines) is 1. The fourth-order valence-corrected chi connectivity index (χ4v) is 2.61. The van der Waals surface area contributed by atoms with Crippen LogP contribution < -0.4 is 0 Å². The van der Waals surface area contributed by atoms with Gasteiger partial charge in [-0.15, -0.1) is 0 Å². The Labute approximate surface area is 96.4 Å². The number of hydrogen-bond acceptors (Lipinski definition) is 4. The molecule has 0 bridgehead atoms. The largest absolute Gasteiger partial charge is 0.480 e. The summed E-state index contributed by atoms with van der Waals surface area (Å²) in [5.41, 5.74) is -0.900. The van der Waals surface area contributed by atoms with Crippen LogP contribution in [0.3, 0.4) is 0 Å². The maximum absolute atomic E-state index is 11.2. The van der Waals surface area contributed by atoms with Gasteiger partial charge in [-0.05, 0) is 32.7 Å². The molecule has 0 aliphatic carbocycles. The molecular formula is C10H19NO4S. The molecule has 0 aromatic rings. The number of nitrogens with zero attached hydrogens (tertiary/aromatic N) is 1. The monoisotopic (exact) mass is 249 g/mol. The van der Waals surface area contributed by atoms with E-state index in [-0.39, 0.29) is 5.75 Å². The van der Waals surface area contributed by atoms with Gasteiger partial charge in [0.25, 0.3) is 0 Å². The quantitative estimate of drug-likeness (QED) is 0.778. The van der Waals surface area contributed by atoms with Gasteiger partial charge in [0.2, 0.25) is 0 Å². The number of sulfone groups is 1. The summed E-state index contributed by atoms with van der Waals surface area (Å²) in [5, 5.41) is 9.21. The molecule has 1 unspecified atom stereocenters. The van der Waals surface area contributed by atoms with E-state index in [1.165, 1.54) is 6.26 Å². The van der Waals surface area contributed by atoms with Gasteiger partial charge in [0.1, 0.15) is 15.4 Å². The van der Waals surface area contributed by atoms with Crippen molar-refractivity contribution in [2.24, 2.45) is 0 Å². The first kappa shape index (κ1) is 13.4. The summed E-state index contributed by atoms with van der Waals surface area (Å²) < 4.78 is 22.2. The molecule has 1 rings (SSSR count). The Hall–Kier alpha value is -0.620. The lowest BCUT2D eigenvalue weighted by molar-refractivity contribution is -0.152. The van der Waals surface area contributed by atoms with Crippen LogP contribution in [0.1, 0.15) is 26.2 Å². The van der Waals surface area contributed by atoms with E-state index in [1.54, 1.807) is 11.8 Å². The molecule has 0 amide bonds. The van der Waals surface area contributed by atoms with Crippen molar-refractivity contribution in [1.82, 2.24) is 4.90 Å². The highest BCUT2D eigenvalue weighted by molar-refractivity contribution is 7.90. The van der Waals surface area contributed by atoms with Gasteiger partial charge in [-0.2, -0.15) is 0 Å². The SMILES string of the molecule is CC1(C(=O)O)CCCCN1CCS(C)(=O)=O. The lowest BCUT2D eigenvalue weighted by atomic mass is 9.88. The highest BCUT2D eigenvalue weighted by Gasteiger charge is 2.41. The molecule has 1 aliphatic rings. The van der Waals surface area contributed by atoms with E-state index in [9.17, 15) is 18.3 Å². The van der Waals surface area contributed by atoms with E-state index < -0.39 is 21.3 Å². The smallest absolute Gasteiger partial charge is 0.323 e. The van der Waals surface area contributed by atoms with Crippen molar-refractivity contribution in [2.45, 2.75) is 31.7 Å². The van der Waals surface area contributed by atoms with E-state index in [4.69, 9.17) is 0 Å². The normalized spacial score (nSPS) is 27.9. The van der Waals surface area contributed by atoms with Gasteiger partial charge in [0.05, 0.1) is 5.75 Å². The Morgan fingerprint density at radius 3 is 2.56 bits per heavy atom. The van der Waals surface area contributed by atoms with Crippen molar-refractivity contribution < 1.29 is 18.3 Å². The Morgan fingerprint density at radius 2 is 2.06 bits per heavy atom. The maximum Gasteiger partial charge on any atom is 0.323 e. The van der Waals surface area contributed by atoms with Gasteiger partial charge in [-0.25, -0.2) is 8.42 Å². The second-order valence-electron chi connectivity index (χ2n) is 4.65. The molecule has 1 fully saturated rings. The molecule has 0 saturated carbocycles. The van der Waals surface area contributed by atoms with Crippen LogP contribution in [0.4, 0.5) is 0 Å². The number of carboxylic acids is 1. The second kappa shape index (κ2) is 4.71. The van der Waals surface area contributed by atoms with Gasteiger partial charge in [0, 0.05) is 12.8 Å². The Bertz CT molecular complexity index is 365. The molecule has 16 heavy (non-hydrogen) atoms. The van der Waals surface area contributed by atoms with E-state index >= 15 is 0 Å². The predicted octanol–water partition coefficient (Wildman–Crippen LogP) is 0.360. The van der Waals surface area contributed by atoms with Gasteiger partial charge in [-0.3, -0.25) is 9.69 Å². The second-order valence-corrected chi connectivity index (χ2v) is 6.91. The number of piperidine rings is 1. The average Bonchev–Trinajstić information content (AvgIpc) is 2.15. The molecule has 5 nitrogen and oxygen atoms in total. The third kappa shape index (κ3) is 3.18. The molecule has 0 aromatic carbocycles. The first-order valence-electron chi connectivity index (χ1n) is 5.42. The highest BCUT2D eigenvalue weighted by Crippen LogP contribution is 2.27. The number of carbonyl (C=O) groups is 1. The van der Waals surface area contributed by atoms with Crippen molar-refractivity contribution >= 4 is 15.8 Å². The minimum absolute atomic E-state index is 0.0237. The van der Waals surface area contributed by atoms with Gasteiger partial charge >= 0.3 is 5.97 Å². The number of hydrogen-bond donors (Lipinski definition) is 1. The zero-order chi connectivity index (χ0) is 12.4. The van der Waals surface area contributed by atoms with E-state index in [1.807, 2.05) is 0 Å². The summed E-state index contributed by atoms with van der Waals surface area (Å²) in [6.45, 7) is 2.65. The van der Waals surface area contributed by atoms with Crippen LogP contribution in [0.25, 0.3) is 0 Å². The first-order valence-corrected chi connectivity index (χ1v) is 7.48. The molecule has 0 aromatic heterocycles. The van der Waals surface area contributed by atoms with Crippen molar-refractivity contribution in [3.05, 3.63) is 0 Å². The molecule has 1 atom stereocenters. The van der Waals surface area contributed by atoms with Crippen molar-refractivity contribution in [2.75, 3.05) is 25.1 Å². The van der Waals surface area contributed by atoms with E-state index in [0.29, 0.717) is 19.5 Å². The van der Waals surface area contributed by atoms with Crippen LogP contribution in [-0.4, -0.2) is 55.0 Å². The molecular weight excluding hydrogens is 230 g/mol. The summed E-state index contributed by atoms with van der Waals surface area (Å²) in [5.74, 6) is -0.837. The fraction of sp³-hybridized carbons (Fsp3) is 0.900. The molecule has 1 heterocycles. The minimum atomic E-state index is -3.03. The molecule has 0 radical (unpaired) electrons. The van der Waals surface area contributed by atoms with Gasteiger partial charge in [0.15, 0.2) is 0 Å². The summed E-state index contributed by atoms with van der Waals surface area (Å²) >= 11 is 0. The van der Waals surface area contributed by atoms with Crippen LogP contribution in [0.2, 0.25) is 0 Å². The molecule has 94 valence electrons. The maximum atomic E-state index is 11.2. The Morgan fingerprint density at radius 1 is 1.44 bits per heavy atom. The summed E-state index contributed by atoms with van der Waals surface area (Å²) in [6.07, 6.45) is 3.59. The highest BCUT2D eigenvalue weighted by atomic mass is 32.2. The third-order valence-corrected chi connectivity index (χ3v) is 4.16. The standard InChI is InChI=1S/C10H19NO4S/c1-10(9(12)13)5-3-4-6-11(10)7-8-16(2,14)15/h3-8H2,1-2H3,(H,12,13). The van der Waals surface area contributed by atoms with Crippen LogP contribution in [0.15, 0.2) is 0 Å². The van der Waals surface area contributed by atoms with E-state index in [2.05, 4.69) is 0 Å². The Balaban J connectivity index is 2.72. The molecule has 1 N–H and O–H groups in total. The number of carboxylic acid groups (broad SMARTS) is 1.